The van der Waals surface area contributed by atoms with E-state index in [1.807, 2.05) is 0 Å². The van der Waals surface area contributed by atoms with Crippen molar-refractivity contribution in [3.8, 4) is 11.3 Å². The number of benzene rings is 1. The van der Waals surface area contributed by atoms with Gasteiger partial charge in [0.05, 0.1) is 30.7 Å². The van der Waals surface area contributed by atoms with E-state index in [4.69, 9.17) is 9.15 Å². The molecule has 0 radical (unpaired) electrons. The topological polar surface area (TPSA) is 89.2 Å². The normalized spacial score (nSPS) is 27.2. The van der Waals surface area contributed by atoms with Gasteiger partial charge in [-0.2, -0.15) is 10.1 Å². The molecule has 1 saturated heterocycles. The van der Waals surface area contributed by atoms with Gasteiger partial charge in [0.15, 0.2) is 0 Å². The molecule has 3 aliphatic carbocycles. The molecule has 2 amide bonds. The van der Waals surface area contributed by atoms with Crippen LogP contribution in [-0.2, 0) is 14.3 Å². The van der Waals surface area contributed by atoms with E-state index in [-0.39, 0.29) is 35.5 Å². The molecule has 7 nitrogen and oxygen atoms in total. The quantitative estimate of drug-likeness (QED) is 0.338. The lowest BCUT2D eigenvalue weighted by molar-refractivity contribution is -0.140. The third-order valence-electron chi connectivity index (χ3n) is 6.26. The van der Waals surface area contributed by atoms with Gasteiger partial charge < -0.3 is 9.15 Å². The highest BCUT2D eigenvalue weighted by atomic mass is 16.5. The Hall–Kier alpha value is -3.48. The molecule has 2 fully saturated rings. The number of nitrogens with zero attached hydrogens (tertiary/aromatic N) is 2. The molecule has 2 bridgehead atoms. The van der Waals surface area contributed by atoms with Crippen LogP contribution in [-0.4, -0.2) is 36.1 Å². The maximum absolute atomic E-state index is 12.8. The lowest BCUT2D eigenvalue weighted by Crippen LogP contribution is -2.38. The number of methoxy groups -OCH3 is 1. The molecule has 4 atom stereocenters. The molecule has 0 spiro atoms. The van der Waals surface area contributed by atoms with Gasteiger partial charge in [0.1, 0.15) is 11.5 Å². The maximum Gasteiger partial charge on any atom is 0.338 e. The van der Waals surface area contributed by atoms with E-state index in [0.717, 1.165) is 17.9 Å². The van der Waals surface area contributed by atoms with Crippen LogP contribution >= 0.6 is 0 Å². The monoisotopic (exact) mass is 404 g/mol. The summed E-state index contributed by atoms with van der Waals surface area (Å²) in [6.45, 7) is 0. The number of hydrogen-bond donors (Lipinski definition) is 0. The van der Waals surface area contributed by atoms with Crippen molar-refractivity contribution >= 4 is 24.0 Å². The summed E-state index contributed by atoms with van der Waals surface area (Å²) in [5.41, 5.74) is 0.973. The van der Waals surface area contributed by atoms with Crippen molar-refractivity contribution in [1.29, 1.82) is 0 Å². The Morgan fingerprint density at radius 3 is 2.37 bits per heavy atom. The highest BCUT2D eigenvalue weighted by Crippen LogP contribution is 2.49. The van der Waals surface area contributed by atoms with Crippen molar-refractivity contribution in [3.63, 3.8) is 0 Å². The number of amides is 2. The zero-order valence-electron chi connectivity index (χ0n) is 16.4. The van der Waals surface area contributed by atoms with Crippen LogP contribution in [0.3, 0.4) is 0 Å². The Morgan fingerprint density at radius 2 is 1.73 bits per heavy atom. The van der Waals surface area contributed by atoms with Crippen molar-refractivity contribution in [2.24, 2.45) is 28.8 Å². The zero-order valence-corrected chi connectivity index (χ0v) is 16.4. The Kier molecular flexibility index (Phi) is 4.38. The minimum absolute atomic E-state index is 0.127. The van der Waals surface area contributed by atoms with Crippen molar-refractivity contribution in [3.05, 3.63) is 59.9 Å². The first-order chi connectivity index (χ1) is 14.6. The van der Waals surface area contributed by atoms with Gasteiger partial charge >= 0.3 is 5.97 Å². The van der Waals surface area contributed by atoms with Crippen LogP contribution in [0.5, 0.6) is 0 Å². The number of esters is 1. The Morgan fingerprint density at radius 1 is 1.07 bits per heavy atom. The van der Waals surface area contributed by atoms with E-state index in [0.29, 0.717) is 22.6 Å². The third-order valence-corrected chi connectivity index (χ3v) is 6.26. The first kappa shape index (κ1) is 18.5. The first-order valence-electron chi connectivity index (χ1n) is 9.96. The molecule has 4 aliphatic rings. The number of furan rings is 1. The smallest absolute Gasteiger partial charge is 0.338 e. The third kappa shape index (κ3) is 2.81. The van der Waals surface area contributed by atoms with E-state index >= 15 is 0 Å². The van der Waals surface area contributed by atoms with Gasteiger partial charge in [0.25, 0.3) is 11.8 Å². The summed E-state index contributed by atoms with van der Waals surface area (Å²) in [7, 11) is 1.32. The summed E-state index contributed by atoms with van der Waals surface area (Å²) in [6, 6.07) is 10.3. The molecule has 1 aliphatic heterocycles. The molecule has 0 unspecified atom stereocenters. The van der Waals surface area contributed by atoms with Crippen molar-refractivity contribution < 1.29 is 23.5 Å². The van der Waals surface area contributed by atoms with Crippen LogP contribution in [0, 0.1) is 23.7 Å². The number of carbonyl (C=O) groups excluding carboxylic acids is 3. The second-order valence-electron chi connectivity index (χ2n) is 7.81. The molecule has 1 saturated carbocycles. The summed E-state index contributed by atoms with van der Waals surface area (Å²) in [5, 5.41) is 5.15. The van der Waals surface area contributed by atoms with Gasteiger partial charge in [-0.3, -0.25) is 9.59 Å². The molecular formula is C23H20N2O5. The number of fused-ring (bicyclic) bond motifs is 1. The highest BCUT2D eigenvalue weighted by Gasteiger charge is 2.56. The van der Waals surface area contributed by atoms with E-state index in [2.05, 4.69) is 17.3 Å². The van der Waals surface area contributed by atoms with Gasteiger partial charge in [-0.05, 0) is 42.9 Å². The van der Waals surface area contributed by atoms with Crippen molar-refractivity contribution in [2.45, 2.75) is 12.8 Å². The predicted octanol–water partition coefficient (Wildman–Crippen LogP) is 3.26. The van der Waals surface area contributed by atoms with Gasteiger partial charge in [-0.1, -0.05) is 30.4 Å². The van der Waals surface area contributed by atoms with Crippen LogP contribution in [0.15, 0.2) is 58.1 Å². The largest absolute Gasteiger partial charge is 0.465 e. The molecule has 30 heavy (non-hydrogen) atoms. The summed E-state index contributed by atoms with van der Waals surface area (Å²) in [6.07, 6.45) is 7.41. The lowest BCUT2D eigenvalue weighted by atomic mass is 9.63. The van der Waals surface area contributed by atoms with E-state index < -0.39 is 5.97 Å². The van der Waals surface area contributed by atoms with Crippen LogP contribution in [0.4, 0.5) is 0 Å². The second-order valence-corrected chi connectivity index (χ2v) is 7.81. The number of hydrazone groups is 1. The molecule has 1 aromatic carbocycles. The molecule has 2 aromatic rings. The number of allylic oxidation sites excluding steroid dienone is 2. The second kappa shape index (κ2) is 7.09. The highest BCUT2D eigenvalue weighted by molar-refractivity contribution is 6.06. The molecule has 152 valence electrons. The van der Waals surface area contributed by atoms with E-state index in [9.17, 15) is 14.4 Å². The SMILES string of the molecule is COC(=O)c1ccccc1-c1ccc(/C=N\N2C(=O)[C@@H]3[C@@H](C2=O)[C@H]2C=C[C@H]3CC2)o1. The fourth-order valence-electron chi connectivity index (χ4n) is 4.84. The number of imide groups is 1. The lowest BCUT2D eigenvalue weighted by Gasteiger charge is -2.37. The molecule has 1 aromatic heterocycles. The number of hydrogen-bond acceptors (Lipinski definition) is 6. The fourth-order valence-corrected chi connectivity index (χ4v) is 4.84. The van der Waals surface area contributed by atoms with E-state index in [1.54, 1.807) is 36.4 Å². The molecule has 0 N–H and O–H groups in total. The molecule has 7 heteroatoms. The van der Waals surface area contributed by atoms with Crippen molar-refractivity contribution in [2.75, 3.05) is 7.11 Å². The Labute approximate surface area is 173 Å². The summed E-state index contributed by atoms with van der Waals surface area (Å²) >= 11 is 0. The van der Waals surface area contributed by atoms with Crippen LogP contribution in [0.1, 0.15) is 29.0 Å². The van der Waals surface area contributed by atoms with Crippen molar-refractivity contribution in [1.82, 2.24) is 5.01 Å². The maximum atomic E-state index is 12.8. The number of ether oxygens (including phenoxy) is 1. The van der Waals surface area contributed by atoms with Crippen LogP contribution in [0.25, 0.3) is 11.3 Å². The minimum atomic E-state index is -0.462. The number of rotatable bonds is 4. The molecule has 2 heterocycles. The summed E-state index contributed by atoms with van der Waals surface area (Å²) in [5.74, 6) is -0.422. The first-order valence-corrected chi connectivity index (χ1v) is 9.96. The van der Waals surface area contributed by atoms with Gasteiger partial charge in [-0.15, -0.1) is 0 Å². The Balaban J connectivity index is 1.38. The average molecular weight is 404 g/mol. The van der Waals surface area contributed by atoms with E-state index in [1.165, 1.54) is 13.3 Å². The fraction of sp³-hybridized carbons (Fsp3) is 0.304. The van der Waals surface area contributed by atoms with Crippen LogP contribution < -0.4 is 0 Å². The summed E-state index contributed by atoms with van der Waals surface area (Å²) in [4.78, 5) is 37.6. The number of carbonyl (C=O) groups is 3. The van der Waals surface area contributed by atoms with Gasteiger partial charge in [-0.25, -0.2) is 4.79 Å². The average Bonchev–Trinajstić information content (AvgIpc) is 3.37. The molecule has 6 rings (SSSR count). The van der Waals surface area contributed by atoms with Gasteiger partial charge in [0, 0.05) is 5.56 Å². The zero-order chi connectivity index (χ0) is 20.8. The van der Waals surface area contributed by atoms with Crippen LogP contribution in [0.2, 0.25) is 0 Å². The summed E-state index contributed by atoms with van der Waals surface area (Å²) < 4.78 is 10.6. The Bertz CT molecular complexity index is 1070. The van der Waals surface area contributed by atoms with Gasteiger partial charge in [0.2, 0.25) is 0 Å². The minimum Gasteiger partial charge on any atom is -0.465 e. The predicted molar refractivity (Wildman–Crippen MR) is 107 cm³/mol. The molecular weight excluding hydrogens is 384 g/mol. The standard InChI is InChI=1S/C23H20N2O5/c1-29-23(28)17-5-3-2-4-16(17)18-11-10-15(30-18)12-24-25-21(26)19-13-6-7-14(9-8-13)20(19)22(25)27/h2-7,10-14,19-20H,8-9H2,1H3/b24-12-/t13-,14-,19-,20-/m0/s1.